The first-order chi connectivity index (χ1) is 14.2. The molecule has 0 aliphatic carbocycles. The molecule has 4 rings (SSSR count). The number of morpholine rings is 1. The van der Waals surface area contributed by atoms with Crippen LogP contribution in [0.25, 0.3) is 11.3 Å². The summed E-state index contributed by atoms with van der Waals surface area (Å²) in [6.07, 6.45) is 1.72. The average molecular weight is 408 g/mol. The monoisotopic (exact) mass is 407 g/mol. The smallest absolute Gasteiger partial charge is 0.255 e. The largest absolute Gasteiger partial charge is 0.379 e. The van der Waals surface area contributed by atoms with Crippen LogP contribution in [0.5, 0.6) is 0 Å². The molecule has 29 heavy (non-hydrogen) atoms. The highest BCUT2D eigenvalue weighted by Gasteiger charge is 2.12. The van der Waals surface area contributed by atoms with Crippen molar-refractivity contribution in [2.75, 3.05) is 31.6 Å². The molecule has 1 fully saturated rings. The van der Waals surface area contributed by atoms with Gasteiger partial charge < -0.3 is 10.1 Å². The lowest BCUT2D eigenvalue weighted by Gasteiger charge is -2.26. The first-order valence-corrected chi connectivity index (χ1v) is 9.98. The molecule has 6 heteroatoms. The number of anilines is 1. The number of nitrogens with one attached hydrogen (secondary N) is 1. The average Bonchev–Trinajstić information content (AvgIpc) is 2.77. The fourth-order valence-corrected chi connectivity index (χ4v) is 3.52. The van der Waals surface area contributed by atoms with Gasteiger partial charge >= 0.3 is 0 Å². The predicted octanol–water partition coefficient (Wildman–Crippen LogP) is 4.49. The summed E-state index contributed by atoms with van der Waals surface area (Å²) in [5.74, 6) is -0.155. The first kappa shape index (κ1) is 19.6. The van der Waals surface area contributed by atoms with E-state index in [1.54, 1.807) is 18.3 Å². The van der Waals surface area contributed by atoms with Gasteiger partial charge in [-0.05, 0) is 48.0 Å². The summed E-state index contributed by atoms with van der Waals surface area (Å²) < 4.78 is 5.38. The van der Waals surface area contributed by atoms with E-state index in [2.05, 4.69) is 15.2 Å². The Kier molecular flexibility index (Phi) is 6.20. The first-order valence-electron chi connectivity index (χ1n) is 9.60. The van der Waals surface area contributed by atoms with Crippen molar-refractivity contribution in [3.63, 3.8) is 0 Å². The van der Waals surface area contributed by atoms with E-state index in [-0.39, 0.29) is 5.91 Å². The Morgan fingerprint density at radius 2 is 1.86 bits per heavy atom. The number of hydrogen-bond donors (Lipinski definition) is 1. The van der Waals surface area contributed by atoms with Crippen molar-refractivity contribution in [2.24, 2.45) is 0 Å². The maximum Gasteiger partial charge on any atom is 0.255 e. The molecule has 1 aromatic heterocycles. The Morgan fingerprint density at radius 1 is 1.07 bits per heavy atom. The van der Waals surface area contributed by atoms with Gasteiger partial charge in [-0.1, -0.05) is 29.8 Å². The molecule has 2 heterocycles. The van der Waals surface area contributed by atoms with Gasteiger partial charge in [-0.3, -0.25) is 14.7 Å². The predicted molar refractivity (Wildman–Crippen MR) is 115 cm³/mol. The SMILES string of the molecule is O=C(Nc1ccc(Cl)c(-c2ccccn2)c1)c1ccc(CN2CCOCC2)cc1. The van der Waals surface area contributed by atoms with Crippen LogP contribution in [0.2, 0.25) is 5.02 Å². The normalized spacial score (nSPS) is 14.5. The van der Waals surface area contributed by atoms with E-state index >= 15 is 0 Å². The Labute approximate surface area is 175 Å². The van der Waals surface area contributed by atoms with Crippen LogP contribution >= 0.6 is 11.6 Å². The highest BCUT2D eigenvalue weighted by atomic mass is 35.5. The molecule has 1 aliphatic rings. The van der Waals surface area contributed by atoms with Crippen molar-refractivity contribution in [2.45, 2.75) is 6.54 Å². The molecule has 0 unspecified atom stereocenters. The second kappa shape index (κ2) is 9.18. The van der Waals surface area contributed by atoms with E-state index in [0.29, 0.717) is 16.3 Å². The number of amides is 1. The molecule has 0 atom stereocenters. The number of hydrogen-bond acceptors (Lipinski definition) is 4. The zero-order valence-corrected chi connectivity index (χ0v) is 16.7. The summed E-state index contributed by atoms with van der Waals surface area (Å²) in [5, 5.41) is 3.54. The second-order valence-corrected chi connectivity index (χ2v) is 7.36. The van der Waals surface area contributed by atoms with E-state index in [1.807, 2.05) is 48.5 Å². The van der Waals surface area contributed by atoms with Gasteiger partial charge in [0.2, 0.25) is 0 Å². The summed E-state index contributed by atoms with van der Waals surface area (Å²) in [5.41, 5.74) is 4.03. The molecule has 1 N–H and O–H groups in total. The van der Waals surface area contributed by atoms with Crippen LogP contribution in [0, 0.1) is 0 Å². The Bertz CT molecular complexity index is 971. The van der Waals surface area contributed by atoms with E-state index in [1.165, 1.54) is 5.56 Å². The molecule has 1 saturated heterocycles. The third-order valence-electron chi connectivity index (χ3n) is 4.89. The van der Waals surface area contributed by atoms with Crippen LogP contribution in [-0.4, -0.2) is 42.1 Å². The van der Waals surface area contributed by atoms with Crippen molar-refractivity contribution in [1.29, 1.82) is 0 Å². The van der Waals surface area contributed by atoms with Crippen molar-refractivity contribution < 1.29 is 9.53 Å². The second-order valence-electron chi connectivity index (χ2n) is 6.95. The fourth-order valence-electron chi connectivity index (χ4n) is 3.30. The van der Waals surface area contributed by atoms with Gasteiger partial charge in [0.15, 0.2) is 0 Å². The van der Waals surface area contributed by atoms with Crippen LogP contribution in [0.4, 0.5) is 5.69 Å². The molecule has 3 aromatic rings. The van der Waals surface area contributed by atoms with Crippen molar-refractivity contribution in [1.82, 2.24) is 9.88 Å². The lowest BCUT2D eigenvalue weighted by atomic mass is 10.1. The van der Waals surface area contributed by atoms with E-state index in [4.69, 9.17) is 16.3 Å². The van der Waals surface area contributed by atoms with Crippen LogP contribution < -0.4 is 5.32 Å². The maximum atomic E-state index is 12.7. The van der Waals surface area contributed by atoms with Gasteiger partial charge in [0.05, 0.1) is 23.9 Å². The lowest BCUT2D eigenvalue weighted by Crippen LogP contribution is -2.35. The third-order valence-corrected chi connectivity index (χ3v) is 5.22. The molecule has 1 aliphatic heterocycles. The number of benzene rings is 2. The molecule has 0 spiro atoms. The van der Waals surface area contributed by atoms with Gasteiger partial charge in [0, 0.05) is 42.6 Å². The van der Waals surface area contributed by atoms with Crippen LogP contribution in [0.15, 0.2) is 66.9 Å². The molecular formula is C23H22ClN3O2. The number of carbonyl (C=O) groups is 1. The van der Waals surface area contributed by atoms with Crippen LogP contribution in [0.1, 0.15) is 15.9 Å². The van der Waals surface area contributed by atoms with Crippen molar-refractivity contribution in [3.8, 4) is 11.3 Å². The Morgan fingerprint density at radius 3 is 2.59 bits per heavy atom. The summed E-state index contributed by atoms with van der Waals surface area (Å²) in [6.45, 7) is 4.31. The van der Waals surface area contributed by atoms with Gasteiger partial charge in [0.25, 0.3) is 5.91 Å². The maximum absolute atomic E-state index is 12.7. The summed E-state index contributed by atoms with van der Waals surface area (Å²) in [6, 6.07) is 18.8. The minimum atomic E-state index is -0.155. The fraction of sp³-hybridized carbons (Fsp3) is 0.217. The van der Waals surface area contributed by atoms with Crippen LogP contribution in [-0.2, 0) is 11.3 Å². The van der Waals surface area contributed by atoms with Crippen molar-refractivity contribution in [3.05, 3.63) is 83.0 Å². The molecule has 0 bridgehead atoms. The molecular weight excluding hydrogens is 386 g/mol. The molecule has 0 saturated carbocycles. The molecule has 2 aromatic carbocycles. The number of nitrogens with zero attached hydrogens (tertiary/aromatic N) is 2. The zero-order valence-electron chi connectivity index (χ0n) is 16.0. The number of rotatable bonds is 5. The van der Waals surface area contributed by atoms with E-state index in [9.17, 15) is 4.79 Å². The molecule has 5 nitrogen and oxygen atoms in total. The minimum Gasteiger partial charge on any atom is -0.379 e. The summed E-state index contributed by atoms with van der Waals surface area (Å²) >= 11 is 6.32. The van der Waals surface area contributed by atoms with E-state index in [0.717, 1.165) is 44.1 Å². The quantitative estimate of drug-likeness (QED) is 0.677. The molecule has 0 radical (unpaired) electrons. The topological polar surface area (TPSA) is 54.5 Å². The van der Waals surface area contributed by atoms with Gasteiger partial charge in [-0.15, -0.1) is 0 Å². The van der Waals surface area contributed by atoms with E-state index < -0.39 is 0 Å². The van der Waals surface area contributed by atoms with Gasteiger partial charge in [0.1, 0.15) is 0 Å². The summed E-state index contributed by atoms with van der Waals surface area (Å²) in [4.78, 5) is 19.4. The number of halogens is 1. The molecule has 1 amide bonds. The number of aromatic nitrogens is 1. The minimum absolute atomic E-state index is 0.155. The number of ether oxygens (including phenoxy) is 1. The number of carbonyl (C=O) groups excluding carboxylic acids is 1. The Balaban J connectivity index is 1.44. The highest BCUT2D eigenvalue weighted by molar-refractivity contribution is 6.33. The zero-order chi connectivity index (χ0) is 20.1. The summed E-state index contributed by atoms with van der Waals surface area (Å²) in [7, 11) is 0. The standard InChI is InChI=1S/C23H22ClN3O2/c24-21-9-8-19(15-20(21)22-3-1-2-10-25-22)26-23(28)18-6-4-17(5-7-18)16-27-11-13-29-14-12-27/h1-10,15H,11-14,16H2,(H,26,28). The Hall–Kier alpha value is -2.73. The number of pyridine rings is 1. The van der Waals surface area contributed by atoms with Crippen molar-refractivity contribution >= 4 is 23.2 Å². The lowest BCUT2D eigenvalue weighted by molar-refractivity contribution is 0.0342. The third kappa shape index (κ3) is 5.01. The molecule has 148 valence electrons. The van der Waals surface area contributed by atoms with Gasteiger partial charge in [-0.2, -0.15) is 0 Å². The highest BCUT2D eigenvalue weighted by Crippen LogP contribution is 2.29. The van der Waals surface area contributed by atoms with Gasteiger partial charge in [-0.25, -0.2) is 0 Å². The van der Waals surface area contributed by atoms with Crippen LogP contribution in [0.3, 0.4) is 0 Å².